The van der Waals surface area contributed by atoms with Crippen LogP contribution >= 0.6 is 0 Å². The van der Waals surface area contributed by atoms with Gasteiger partial charge in [0.05, 0.1) is 11.4 Å². The fourth-order valence-electron chi connectivity index (χ4n) is 4.69. The van der Waals surface area contributed by atoms with Crippen molar-refractivity contribution in [1.29, 1.82) is 0 Å². The van der Waals surface area contributed by atoms with E-state index in [1.807, 2.05) is 36.4 Å². The molecule has 0 aliphatic rings. The van der Waals surface area contributed by atoms with E-state index in [9.17, 15) is 10.2 Å². The molecular weight excluding hydrogens is 639 g/mol. The number of carboxylic acids is 2. The number of hydrogen-bond acceptors (Lipinski definition) is 8. The van der Waals surface area contributed by atoms with Crippen LogP contribution in [0.4, 0.5) is 11.4 Å². The van der Waals surface area contributed by atoms with Crippen molar-refractivity contribution in [3.8, 4) is 11.5 Å². The summed E-state index contributed by atoms with van der Waals surface area (Å²) in [4.78, 5) is 27.1. The van der Waals surface area contributed by atoms with Gasteiger partial charge in [0, 0.05) is 35.5 Å². The summed E-state index contributed by atoms with van der Waals surface area (Å²) in [7, 11) is 0. The number of aromatic hydroxyl groups is 2. The Hall–Kier alpha value is -3.95. The van der Waals surface area contributed by atoms with Crippen LogP contribution in [0, 0.1) is 11.8 Å². The summed E-state index contributed by atoms with van der Waals surface area (Å²) in [6.45, 7) is 19.1. The summed E-state index contributed by atoms with van der Waals surface area (Å²) in [6.07, 6.45) is 5.39. The number of benzene rings is 3. The molecule has 3 aromatic rings. The third-order valence-electron chi connectivity index (χ3n) is 6.52. The molecule has 0 atom stereocenters. The molecule has 2 N–H and O–H groups in total. The molecule has 0 fully saturated rings. The Kier molecular flexibility index (Phi) is 19.3. The number of aliphatic carboxylic acids is 2. The maximum atomic E-state index is 10.9. The Bertz CT molecular complexity index is 1390. The van der Waals surface area contributed by atoms with Crippen LogP contribution in [0.3, 0.4) is 0 Å². The summed E-state index contributed by atoms with van der Waals surface area (Å²) >= 11 is 0. The average molecular weight is 690 g/mol. The Morgan fingerprint density at radius 3 is 1.26 bits per heavy atom. The third-order valence-corrected chi connectivity index (χ3v) is 6.52. The first kappa shape index (κ1) is 43.0. The second-order valence-electron chi connectivity index (χ2n) is 12.8. The molecule has 1 radical (unpaired) electrons. The van der Waals surface area contributed by atoms with Crippen LogP contribution in [0.15, 0.2) is 58.5 Å². The van der Waals surface area contributed by atoms with E-state index in [2.05, 4.69) is 77.5 Å². The van der Waals surface area contributed by atoms with E-state index in [0.29, 0.717) is 23.3 Å². The molecule has 8 nitrogen and oxygen atoms in total. The SMILES string of the molecule is CC(=O)[O-].CC(=O)[O-].CC(C)Cc1cc(C=Nc2cccc(N=Cc3cc(CC(C)C)cc(C(C)C)c3O)c2)c(O)c(C(C)C)c1.[Co+2]. The predicted molar refractivity (Wildman–Crippen MR) is 184 cm³/mol. The monoisotopic (exact) mass is 689 g/mol. The first-order valence-electron chi connectivity index (χ1n) is 15.7. The zero-order valence-corrected chi connectivity index (χ0v) is 30.3. The van der Waals surface area contributed by atoms with Gasteiger partial charge in [0.1, 0.15) is 11.5 Å². The molecule has 0 spiro atoms. The first-order valence-corrected chi connectivity index (χ1v) is 15.7. The first-order chi connectivity index (χ1) is 21.4. The Labute approximate surface area is 290 Å². The summed E-state index contributed by atoms with van der Waals surface area (Å²) in [5.41, 5.74) is 7.28. The minimum atomic E-state index is -1.08. The molecule has 0 aliphatic carbocycles. The maximum absolute atomic E-state index is 10.9. The number of carboxylic acid groups (broad SMARTS) is 2. The number of rotatable bonds is 10. The van der Waals surface area contributed by atoms with Crippen LogP contribution in [0.5, 0.6) is 11.5 Å². The van der Waals surface area contributed by atoms with Crippen molar-refractivity contribution in [1.82, 2.24) is 0 Å². The van der Waals surface area contributed by atoms with Crippen molar-refractivity contribution in [3.63, 3.8) is 0 Å². The van der Waals surface area contributed by atoms with Gasteiger partial charge in [-0.25, -0.2) is 0 Å². The molecule has 0 saturated carbocycles. The summed E-state index contributed by atoms with van der Waals surface area (Å²) < 4.78 is 0. The van der Waals surface area contributed by atoms with Crippen LogP contribution in [-0.2, 0) is 39.2 Å². The molecule has 47 heavy (non-hydrogen) atoms. The predicted octanol–water partition coefficient (Wildman–Crippen LogP) is 6.75. The maximum Gasteiger partial charge on any atom is 2.00 e. The fourth-order valence-corrected chi connectivity index (χ4v) is 4.69. The van der Waals surface area contributed by atoms with Crippen LogP contribution < -0.4 is 10.2 Å². The van der Waals surface area contributed by atoms with E-state index in [1.165, 1.54) is 11.1 Å². The molecule has 0 amide bonds. The molecule has 3 rings (SSSR count). The molecule has 0 bridgehead atoms. The van der Waals surface area contributed by atoms with Gasteiger partial charge in [-0.15, -0.1) is 0 Å². The fraction of sp³-hybridized carbons (Fsp3) is 0.421. The zero-order valence-electron chi connectivity index (χ0n) is 29.3. The van der Waals surface area contributed by atoms with Crippen LogP contribution in [-0.4, -0.2) is 34.6 Å². The topological polar surface area (TPSA) is 145 Å². The minimum absolute atomic E-state index is 0. The number of phenolic OH excluding ortho intramolecular Hbond substituents is 2. The molecule has 0 aromatic heterocycles. The Morgan fingerprint density at radius 2 is 0.979 bits per heavy atom. The molecule has 0 unspecified atom stereocenters. The molecule has 9 heteroatoms. The molecule has 0 aliphatic heterocycles. The summed E-state index contributed by atoms with van der Waals surface area (Å²) in [5.74, 6) is -0.0782. The van der Waals surface area contributed by atoms with Crippen molar-refractivity contribution < 1.29 is 46.8 Å². The van der Waals surface area contributed by atoms with Gasteiger partial charge in [-0.3, -0.25) is 9.98 Å². The number of nitrogens with zero attached hydrogens (tertiary/aromatic N) is 2. The van der Waals surface area contributed by atoms with Gasteiger partial charge in [-0.1, -0.05) is 73.6 Å². The van der Waals surface area contributed by atoms with E-state index in [-0.39, 0.29) is 28.6 Å². The van der Waals surface area contributed by atoms with Gasteiger partial charge in [-0.2, -0.15) is 0 Å². The van der Waals surface area contributed by atoms with Crippen molar-refractivity contribution in [2.45, 2.75) is 93.9 Å². The van der Waals surface area contributed by atoms with E-state index in [4.69, 9.17) is 19.8 Å². The van der Waals surface area contributed by atoms with Crippen LogP contribution in [0.1, 0.15) is 114 Å². The molecular formula is C38H50CoN2O6. The van der Waals surface area contributed by atoms with Gasteiger partial charge in [0.25, 0.3) is 0 Å². The molecule has 0 saturated heterocycles. The largest absolute Gasteiger partial charge is 2.00 e. The summed E-state index contributed by atoms with van der Waals surface area (Å²) in [5, 5.41) is 39.6. The molecule has 3 aromatic carbocycles. The second kappa shape index (κ2) is 21.0. The van der Waals surface area contributed by atoms with Crippen LogP contribution in [0.25, 0.3) is 0 Å². The molecule has 0 heterocycles. The number of carbonyl (C=O) groups is 2. The van der Waals surface area contributed by atoms with Gasteiger partial charge in [0.15, 0.2) is 0 Å². The third kappa shape index (κ3) is 16.4. The number of phenols is 2. The number of aliphatic imine (C=N–C) groups is 2. The summed E-state index contributed by atoms with van der Waals surface area (Å²) in [6, 6.07) is 16.0. The average Bonchev–Trinajstić information content (AvgIpc) is 2.92. The van der Waals surface area contributed by atoms with Crippen molar-refractivity contribution >= 4 is 35.7 Å². The molecule has 257 valence electrons. The van der Waals surface area contributed by atoms with Crippen molar-refractivity contribution in [2.24, 2.45) is 21.8 Å². The van der Waals surface area contributed by atoms with Gasteiger partial charge >= 0.3 is 16.8 Å². The Morgan fingerprint density at radius 1 is 0.660 bits per heavy atom. The van der Waals surface area contributed by atoms with E-state index in [1.54, 1.807) is 12.4 Å². The number of hydrogen-bond donors (Lipinski definition) is 2. The van der Waals surface area contributed by atoms with Crippen molar-refractivity contribution in [3.05, 3.63) is 81.9 Å². The Balaban J connectivity index is 0.00000211. The van der Waals surface area contributed by atoms with Gasteiger partial charge in [-0.05, 0) is 103 Å². The standard InChI is InChI=1S/C34H44N2O2.2C2H4O2.Co/c1-21(2)12-25-14-27(33(37)31(16-25)23(5)6)19-35-29-10-9-11-30(18-29)36-20-28-15-26(13-22(3)4)17-32(24(7)8)34(28)38;2*1-2(3)4;/h9-11,14-24,37-38H,12-13H2,1-8H3;2*1H3,(H,3,4);/q;;;+2/p-2. The zero-order chi connectivity index (χ0) is 35.1. The second-order valence-corrected chi connectivity index (χ2v) is 12.8. The quantitative estimate of drug-likeness (QED) is 0.225. The van der Waals surface area contributed by atoms with E-state index in [0.717, 1.165) is 60.3 Å². The van der Waals surface area contributed by atoms with Crippen LogP contribution in [0.2, 0.25) is 0 Å². The van der Waals surface area contributed by atoms with Gasteiger partial charge < -0.3 is 30.0 Å². The van der Waals surface area contributed by atoms with E-state index < -0.39 is 11.9 Å². The smallest absolute Gasteiger partial charge is 0.550 e. The normalized spacial score (nSPS) is 11.0. The van der Waals surface area contributed by atoms with Crippen molar-refractivity contribution in [2.75, 3.05) is 0 Å². The number of carbonyl (C=O) groups excluding carboxylic acids is 2. The minimum Gasteiger partial charge on any atom is -0.550 e. The van der Waals surface area contributed by atoms with E-state index >= 15 is 0 Å². The van der Waals surface area contributed by atoms with Gasteiger partial charge in [0.2, 0.25) is 0 Å².